The first-order valence-electron chi connectivity index (χ1n) is 19.3. The van der Waals surface area contributed by atoms with Crippen molar-refractivity contribution in [3.05, 3.63) is 199 Å². The van der Waals surface area contributed by atoms with Crippen LogP contribution in [0.4, 0.5) is 0 Å². The van der Waals surface area contributed by atoms with Crippen LogP contribution >= 0.6 is 0 Å². The van der Waals surface area contributed by atoms with Crippen LogP contribution in [-0.4, -0.2) is 20.9 Å². The van der Waals surface area contributed by atoms with E-state index in [9.17, 15) is 0 Å². The molecule has 3 aromatic heterocycles. The Labute approximate surface area is 327 Å². The molecular formula is C51H33N5O. The van der Waals surface area contributed by atoms with Gasteiger partial charge in [0.15, 0.2) is 5.84 Å². The standard InChI is InChI=1S/C51H33N5O/c1-3-15-32(16-4-1)35-22-13-27-44-47(35)38-21-9-12-26-43(38)55(44)34-29-30-39-46(31-34)57-45-28-14-23-40(48(39)45)50-52-49(33-17-5-2-6-18-33)53-51(54-50)56-41-24-10-7-19-36(41)37-20-8-11-25-42(37)56/h1-31,50H,(H,52,53,54). The van der Waals surface area contributed by atoms with Crippen molar-refractivity contribution >= 4 is 77.3 Å². The number of amidine groups is 1. The third-order valence-corrected chi connectivity index (χ3v) is 11.4. The molecule has 12 rings (SSSR count). The summed E-state index contributed by atoms with van der Waals surface area (Å²) in [5.74, 6) is 1.39. The van der Waals surface area contributed by atoms with Crippen LogP contribution in [-0.2, 0) is 0 Å². The highest BCUT2D eigenvalue weighted by Gasteiger charge is 2.27. The van der Waals surface area contributed by atoms with Gasteiger partial charge < -0.3 is 14.3 Å². The number of aliphatic imine (C=N–C) groups is 2. The van der Waals surface area contributed by atoms with Crippen molar-refractivity contribution in [2.75, 3.05) is 0 Å². The van der Waals surface area contributed by atoms with E-state index in [1.54, 1.807) is 0 Å². The first-order chi connectivity index (χ1) is 28.3. The molecule has 1 aliphatic heterocycles. The molecule has 0 aliphatic carbocycles. The van der Waals surface area contributed by atoms with Crippen molar-refractivity contribution < 1.29 is 4.42 Å². The quantitative estimate of drug-likeness (QED) is 0.196. The molecule has 0 saturated heterocycles. The van der Waals surface area contributed by atoms with Gasteiger partial charge in [-0.1, -0.05) is 140 Å². The number of furan rings is 1. The van der Waals surface area contributed by atoms with Gasteiger partial charge in [-0.2, -0.15) is 4.99 Å². The van der Waals surface area contributed by atoms with Gasteiger partial charge in [0.05, 0.1) is 22.1 Å². The van der Waals surface area contributed by atoms with E-state index >= 15 is 0 Å². The molecule has 0 saturated carbocycles. The first-order valence-corrected chi connectivity index (χ1v) is 19.3. The minimum absolute atomic E-state index is 0.439. The maximum Gasteiger partial charge on any atom is 0.211 e. The molecule has 6 nitrogen and oxygen atoms in total. The summed E-state index contributed by atoms with van der Waals surface area (Å²) >= 11 is 0. The molecule has 4 heterocycles. The third kappa shape index (κ3) is 4.84. The van der Waals surface area contributed by atoms with Gasteiger partial charge in [0.25, 0.3) is 0 Å². The Balaban J connectivity index is 1.03. The molecule has 0 spiro atoms. The zero-order valence-electron chi connectivity index (χ0n) is 30.7. The Morgan fingerprint density at radius 2 is 1.07 bits per heavy atom. The maximum absolute atomic E-state index is 6.74. The summed E-state index contributed by atoms with van der Waals surface area (Å²) in [6.45, 7) is 0. The average Bonchev–Trinajstić information content (AvgIpc) is 3.94. The van der Waals surface area contributed by atoms with Crippen molar-refractivity contribution in [3.8, 4) is 16.8 Å². The average molecular weight is 732 g/mol. The van der Waals surface area contributed by atoms with Gasteiger partial charge in [0.1, 0.15) is 17.3 Å². The first kappa shape index (κ1) is 31.6. The number of fused-ring (bicyclic) bond motifs is 9. The summed E-state index contributed by atoms with van der Waals surface area (Å²) in [4.78, 5) is 10.5. The van der Waals surface area contributed by atoms with Gasteiger partial charge in [-0.25, -0.2) is 4.99 Å². The topological polar surface area (TPSA) is 59.8 Å². The normalized spacial score (nSPS) is 14.5. The largest absolute Gasteiger partial charge is 0.456 e. The molecule has 0 radical (unpaired) electrons. The van der Waals surface area contributed by atoms with Crippen LogP contribution in [0.3, 0.4) is 0 Å². The Kier molecular flexibility index (Phi) is 6.89. The number of para-hydroxylation sites is 3. The van der Waals surface area contributed by atoms with Crippen molar-refractivity contribution in [3.63, 3.8) is 0 Å². The van der Waals surface area contributed by atoms with Crippen molar-refractivity contribution in [2.45, 2.75) is 6.17 Å². The molecule has 57 heavy (non-hydrogen) atoms. The van der Waals surface area contributed by atoms with E-state index < -0.39 is 6.17 Å². The van der Waals surface area contributed by atoms with E-state index in [-0.39, 0.29) is 0 Å². The van der Waals surface area contributed by atoms with Crippen LogP contribution in [0.2, 0.25) is 0 Å². The van der Waals surface area contributed by atoms with Crippen LogP contribution in [0.15, 0.2) is 202 Å². The van der Waals surface area contributed by atoms with Gasteiger partial charge in [-0.05, 0) is 53.6 Å². The van der Waals surface area contributed by atoms with Crippen LogP contribution in [0.25, 0.3) is 82.4 Å². The van der Waals surface area contributed by atoms with Crippen LogP contribution in [0.5, 0.6) is 0 Å². The number of hydrogen-bond acceptors (Lipinski definition) is 4. The second kappa shape index (κ2) is 12.4. The minimum atomic E-state index is -0.439. The van der Waals surface area contributed by atoms with Gasteiger partial charge in [0, 0.05) is 55.2 Å². The van der Waals surface area contributed by atoms with Crippen LogP contribution < -0.4 is 5.32 Å². The molecule has 1 atom stereocenters. The molecule has 0 bridgehead atoms. The van der Waals surface area contributed by atoms with Gasteiger partial charge >= 0.3 is 0 Å². The summed E-state index contributed by atoms with van der Waals surface area (Å²) in [7, 11) is 0. The second-order valence-electron chi connectivity index (χ2n) is 14.6. The highest BCUT2D eigenvalue weighted by atomic mass is 16.3. The number of hydrogen-bond donors (Lipinski definition) is 1. The van der Waals surface area contributed by atoms with E-state index in [0.29, 0.717) is 5.84 Å². The van der Waals surface area contributed by atoms with E-state index in [0.717, 1.165) is 66.8 Å². The minimum Gasteiger partial charge on any atom is -0.456 e. The maximum atomic E-state index is 6.74. The lowest BCUT2D eigenvalue weighted by Gasteiger charge is -2.25. The Morgan fingerprint density at radius 3 is 1.81 bits per heavy atom. The highest BCUT2D eigenvalue weighted by Crippen LogP contribution is 2.41. The van der Waals surface area contributed by atoms with E-state index in [1.165, 1.54) is 32.7 Å². The Bertz CT molecular complexity index is 3390. The van der Waals surface area contributed by atoms with Gasteiger partial charge in [0.2, 0.25) is 5.96 Å². The predicted octanol–water partition coefficient (Wildman–Crippen LogP) is 12.4. The highest BCUT2D eigenvalue weighted by molar-refractivity contribution is 6.18. The van der Waals surface area contributed by atoms with E-state index in [1.807, 2.05) is 18.2 Å². The third-order valence-electron chi connectivity index (χ3n) is 11.4. The fourth-order valence-corrected chi connectivity index (χ4v) is 8.94. The molecular weight excluding hydrogens is 699 g/mol. The number of nitrogens with one attached hydrogen (secondary N) is 1. The molecule has 1 N–H and O–H groups in total. The summed E-state index contributed by atoms with van der Waals surface area (Å²) in [6, 6.07) is 66.0. The molecule has 8 aromatic carbocycles. The van der Waals surface area contributed by atoms with E-state index in [4.69, 9.17) is 14.4 Å². The zero-order valence-corrected chi connectivity index (χ0v) is 30.7. The molecule has 0 amide bonds. The zero-order chi connectivity index (χ0) is 37.5. The summed E-state index contributed by atoms with van der Waals surface area (Å²) in [5.41, 5.74) is 11.5. The Hall–Kier alpha value is -7.70. The summed E-state index contributed by atoms with van der Waals surface area (Å²) in [5, 5.41) is 10.7. The van der Waals surface area contributed by atoms with Crippen LogP contribution in [0.1, 0.15) is 17.3 Å². The van der Waals surface area contributed by atoms with Gasteiger partial charge in [-0.15, -0.1) is 0 Å². The monoisotopic (exact) mass is 731 g/mol. The summed E-state index contributed by atoms with van der Waals surface area (Å²) < 4.78 is 11.3. The SMILES string of the molecule is c1ccc(C2=NC(c3cccc4oc5cc(-n6c7ccccc7c7c(-c8ccccc8)cccc76)ccc5c34)NC(n3c4ccccc4c4ccccc43)=N2)cc1. The second-order valence-corrected chi connectivity index (χ2v) is 14.6. The van der Waals surface area contributed by atoms with Gasteiger partial charge in [-0.3, -0.25) is 4.57 Å². The fraction of sp³-hybridized carbons (Fsp3) is 0.0196. The lowest BCUT2D eigenvalue weighted by Crippen LogP contribution is -2.37. The number of rotatable bonds is 4. The van der Waals surface area contributed by atoms with Crippen molar-refractivity contribution in [1.82, 2.24) is 14.5 Å². The molecule has 1 aliphatic rings. The lowest BCUT2D eigenvalue weighted by atomic mass is 9.99. The van der Waals surface area contributed by atoms with Crippen molar-refractivity contribution in [2.24, 2.45) is 9.98 Å². The molecule has 11 aromatic rings. The van der Waals surface area contributed by atoms with Crippen LogP contribution in [0, 0.1) is 0 Å². The lowest BCUT2D eigenvalue weighted by molar-refractivity contribution is 0.657. The summed E-state index contributed by atoms with van der Waals surface area (Å²) in [6.07, 6.45) is -0.439. The number of aromatic nitrogens is 2. The number of benzene rings is 8. The fourth-order valence-electron chi connectivity index (χ4n) is 8.94. The smallest absolute Gasteiger partial charge is 0.211 e. The molecule has 268 valence electrons. The molecule has 0 fully saturated rings. The van der Waals surface area contributed by atoms with E-state index in [2.05, 4.69) is 184 Å². The molecule has 1 unspecified atom stereocenters. The number of nitrogens with zero attached hydrogens (tertiary/aromatic N) is 4. The molecule has 6 heteroatoms. The predicted molar refractivity (Wildman–Crippen MR) is 235 cm³/mol. The van der Waals surface area contributed by atoms with Crippen molar-refractivity contribution in [1.29, 1.82) is 0 Å². The Morgan fingerprint density at radius 1 is 0.456 bits per heavy atom.